The molecule has 0 aromatic heterocycles. The predicted molar refractivity (Wildman–Crippen MR) is 112 cm³/mol. The van der Waals surface area contributed by atoms with E-state index in [4.69, 9.17) is 13.7 Å². The van der Waals surface area contributed by atoms with Gasteiger partial charge in [-0.2, -0.15) is 8.42 Å². The fourth-order valence-corrected chi connectivity index (χ4v) is 4.35. The predicted octanol–water partition coefficient (Wildman–Crippen LogP) is 3.04. The number of hydrogen-bond donors (Lipinski definition) is 0. The molecule has 0 unspecified atom stereocenters. The van der Waals surface area contributed by atoms with Crippen LogP contribution in [-0.4, -0.2) is 50.7 Å². The average Bonchev–Trinajstić information content (AvgIpc) is 3.16. The lowest BCUT2D eigenvalue weighted by Crippen LogP contribution is -2.41. The Balaban J connectivity index is 1.71. The Kier molecular flexibility index (Phi) is 7.29. The third kappa shape index (κ3) is 5.83. The molecule has 3 rings (SSSR count). The molecule has 166 valence electrons. The lowest BCUT2D eigenvalue weighted by molar-refractivity contribution is -0.148. The van der Waals surface area contributed by atoms with Gasteiger partial charge in [-0.1, -0.05) is 48.0 Å². The number of aryl methyl sites for hydroxylation is 1. The minimum atomic E-state index is -4.06. The van der Waals surface area contributed by atoms with Crippen molar-refractivity contribution < 1.29 is 31.7 Å². The fraction of sp³-hybridized carbons (Fsp3) is 0.364. The molecule has 8 nitrogen and oxygen atoms in total. The molecular formula is C22H25NO7S. The van der Waals surface area contributed by atoms with Gasteiger partial charge >= 0.3 is 12.1 Å². The number of hydrogen-bond acceptors (Lipinski definition) is 7. The summed E-state index contributed by atoms with van der Waals surface area (Å²) in [5.74, 6) is -0.627. The highest BCUT2D eigenvalue weighted by Gasteiger charge is 2.43. The van der Waals surface area contributed by atoms with Crippen LogP contribution >= 0.6 is 0 Å². The first-order valence-electron chi connectivity index (χ1n) is 9.94. The molecule has 31 heavy (non-hydrogen) atoms. The molecule has 0 aliphatic carbocycles. The number of carbonyl (C=O) groups is 2. The van der Waals surface area contributed by atoms with E-state index in [0.29, 0.717) is 0 Å². The maximum absolute atomic E-state index is 12.6. The van der Waals surface area contributed by atoms with Crippen molar-refractivity contribution >= 4 is 22.2 Å². The Morgan fingerprint density at radius 1 is 1.03 bits per heavy atom. The lowest BCUT2D eigenvalue weighted by Gasteiger charge is -2.22. The van der Waals surface area contributed by atoms with E-state index in [2.05, 4.69) is 0 Å². The van der Waals surface area contributed by atoms with E-state index in [1.165, 1.54) is 12.1 Å². The minimum absolute atomic E-state index is 0.00956. The van der Waals surface area contributed by atoms with Crippen molar-refractivity contribution in [3.8, 4) is 0 Å². The Labute approximate surface area is 181 Å². The Morgan fingerprint density at radius 3 is 2.35 bits per heavy atom. The summed E-state index contributed by atoms with van der Waals surface area (Å²) in [4.78, 5) is 26.2. The lowest BCUT2D eigenvalue weighted by atomic mass is 10.2. The maximum Gasteiger partial charge on any atom is 0.410 e. The second-order valence-corrected chi connectivity index (χ2v) is 8.75. The van der Waals surface area contributed by atoms with Crippen molar-refractivity contribution in [2.45, 2.75) is 43.9 Å². The van der Waals surface area contributed by atoms with Crippen LogP contribution in [0.4, 0.5) is 4.79 Å². The third-order valence-electron chi connectivity index (χ3n) is 4.83. The first-order chi connectivity index (χ1) is 14.8. The van der Waals surface area contributed by atoms with Crippen LogP contribution in [0.2, 0.25) is 0 Å². The number of ether oxygens (including phenoxy) is 2. The average molecular weight is 448 g/mol. The quantitative estimate of drug-likeness (QED) is 0.475. The van der Waals surface area contributed by atoms with Gasteiger partial charge in [0, 0.05) is 6.42 Å². The molecule has 0 spiro atoms. The number of likely N-dealkylation sites (tertiary alicyclic amines) is 1. The zero-order valence-corrected chi connectivity index (χ0v) is 18.2. The van der Waals surface area contributed by atoms with Gasteiger partial charge < -0.3 is 9.47 Å². The zero-order chi connectivity index (χ0) is 22.4. The topological polar surface area (TPSA) is 99.2 Å². The fourth-order valence-electron chi connectivity index (χ4n) is 3.27. The van der Waals surface area contributed by atoms with Gasteiger partial charge in [0.15, 0.2) is 0 Å². The van der Waals surface area contributed by atoms with Crippen molar-refractivity contribution in [1.29, 1.82) is 0 Å². The molecule has 0 bridgehead atoms. The number of amides is 1. The summed E-state index contributed by atoms with van der Waals surface area (Å²) >= 11 is 0. The summed E-state index contributed by atoms with van der Waals surface area (Å²) in [6, 6.07) is 14.4. The van der Waals surface area contributed by atoms with Gasteiger partial charge in [-0.25, -0.2) is 9.59 Å². The molecule has 1 amide bonds. The van der Waals surface area contributed by atoms with Crippen molar-refractivity contribution in [2.24, 2.45) is 0 Å². The van der Waals surface area contributed by atoms with E-state index < -0.39 is 34.3 Å². The summed E-state index contributed by atoms with van der Waals surface area (Å²) in [7, 11) is -4.06. The second-order valence-electron chi connectivity index (χ2n) is 7.18. The zero-order valence-electron chi connectivity index (χ0n) is 17.4. The number of esters is 1. The maximum atomic E-state index is 12.6. The highest BCUT2D eigenvalue weighted by molar-refractivity contribution is 7.86. The molecule has 0 saturated carbocycles. The molecule has 2 aromatic carbocycles. The Morgan fingerprint density at radius 2 is 1.71 bits per heavy atom. The van der Waals surface area contributed by atoms with Crippen molar-refractivity contribution in [3.63, 3.8) is 0 Å². The number of carbonyl (C=O) groups excluding carboxylic acids is 2. The van der Waals surface area contributed by atoms with Gasteiger partial charge in [-0.05, 0) is 31.5 Å². The molecule has 2 aromatic rings. The van der Waals surface area contributed by atoms with Crippen LogP contribution in [0.5, 0.6) is 0 Å². The van der Waals surface area contributed by atoms with Crippen LogP contribution in [0.15, 0.2) is 59.5 Å². The molecule has 2 atom stereocenters. The normalized spacial score (nSPS) is 18.6. The molecule has 1 aliphatic heterocycles. The summed E-state index contributed by atoms with van der Waals surface area (Å²) in [5.41, 5.74) is 1.70. The molecule has 1 aliphatic rings. The second kappa shape index (κ2) is 9.93. The van der Waals surface area contributed by atoms with Crippen LogP contribution in [-0.2, 0) is 35.2 Å². The first kappa shape index (κ1) is 22.8. The molecule has 1 saturated heterocycles. The van der Waals surface area contributed by atoms with Gasteiger partial charge in [0.2, 0.25) is 0 Å². The van der Waals surface area contributed by atoms with Gasteiger partial charge in [0.25, 0.3) is 10.1 Å². The van der Waals surface area contributed by atoms with Crippen LogP contribution in [0.1, 0.15) is 24.5 Å². The van der Waals surface area contributed by atoms with Crippen molar-refractivity contribution in [2.75, 3.05) is 13.2 Å². The van der Waals surface area contributed by atoms with E-state index in [1.807, 2.05) is 25.1 Å². The standard InChI is InChI=1S/C22H25NO7S/c1-3-28-21(24)20-13-18(30-31(26,27)19-11-9-16(2)10-12-19)14-23(20)22(25)29-15-17-7-5-4-6-8-17/h4-12,18,20H,3,13-15H2,1-2H3/t18-,20-/m1/s1. The summed E-state index contributed by atoms with van der Waals surface area (Å²) in [6.07, 6.45) is -1.64. The number of benzene rings is 2. The van der Waals surface area contributed by atoms with E-state index in [-0.39, 0.29) is 31.1 Å². The van der Waals surface area contributed by atoms with Gasteiger partial charge in [0.1, 0.15) is 12.6 Å². The van der Waals surface area contributed by atoms with Crippen molar-refractivity contribution in [1.82, 2.24) is 4.90 Å². The van der Waals surface area contributed by atoms with Gasteiger partial charge in [-0.15, -0.1) is 0 Å². The van der Waals surface area contributed by atoms with Crippen LogP contribution in [0, 0.1) is 6.92 Å². The molecule has 0 N–H and O–H groups in total. The molecule has 1 heterocycles. The molecule has 0 radical (unpaired) electrons. The molecule has 1 fully saturated rings. The van der Waals surface area contributed by atoms with Gasteiger partial charge in [0.05, 0.1) is 24.2 Å². The van der Waals surface area contributed by atoms with Crippen LogP contribution < -0.4 is 0 Å². The molecular weight excluding hydrogens is 422 g/mol. The number of nitrogens with zero attached hydrogens (tertiary/aromatic N) is 1. The van der Waals surface area contributed by atoms with Crippen LogP contribution in [0.25, 0.3) is 0 Å². The highest BCUT2D eigenvalue weighted by Crippen LogP contribution is 2.26. The van der Waals surface area contributed by atoms with E-state index in [9.17, 15) is 18.0 Å². The largest absolute Gasteiger partial charge is 0.464 e. The van der Waals surface area contributed by atoms with E-state index in [1.54, 1.807) is 31.2 Å². The minimum Gasteiger partial charge on any atom is -0.464 e. The SMILES string of the molecule is CCOC(=O)[C@H]1C[C@@H](OS(=O)(=O)c2ccc(C)cc2)CN1C(=O)OCc1ccccc1. The Bertz CT molecular complexity index is 1010. The van der Waals surface area contributed by atoms with Crippen LogP contribution in [0.3, 0.4) is 0 Å². The molecule has 9 heteroatoms. The Hall–Kier alpha value is -2.91. The highest BCUT2D eigenvalue weighted by atomic mass is 32.2. The number of rotatable bonds is 7. The smallest absolute Gasteiger partial charge is 0.410 e. The van der Waals surface area contributed by atoms with Gasteiger partial charge in [-0.3, -0.25) is 9.08 Å². The van der Waals surface area contributed by atoms with E-state index in [0.717, 1.165) is 16.0 Å². The third-order valence-corrected chi connectivity index (χ3v) is 6.21. The van der Waals surface area contributed by atoms with Crippen molar-refractivity contribution in [3.05, 3.63) is 65.7 Å². The summed E-state index contributed by atoms with van der Waals surface area (Å²) in [5, 5.41) is 0. The summed E-state index contributed by atoms with van der Waals surface area (Å²) in [6.45, 7) is 3.55. The summed E-state index contributed by atoms with van der Waals surface area (Å²) < 4.78 is 40.9. The van der Waals surface area contributed by atoms with E-state index >= 15 is 0 Å². The first-order valence-corrected chi connectivity index (χ1v) is 11.3. The monoisotopic (exact) mass is 447 g/mol.